The van der Waals surface area contributed by atoms with Crippen molar-refractivity contribution < 1.29 is 17.9 Å². The number of benzene rings is 1. The van der Waals surface area contributed by atoms with Crippen molar-refractivity contribution >= 4 is 0 Å². The summed E-state index contributed by atoms with van der Waals surface area (Å²) < 4.78 is 40.3. The van der Waals surface area contributed by atoms with Crippen LogP contribution in [-0.4, -0.2) is 6.61 Å². The highest BCUT2D eigenvalue weighted by Crippen LogP contribution is 2.18. The number of nitrogens with two attached hydrogens (primary N) is 1. The van der Waals surface area contributed by atoms with E-state index in [-0.39, 0.29) is 17.9 Å². The maximum atomic E-state index is 12.8. The van der Waals surface area contributed by atoms with Crippen molar-refractivity contribution in [2.24, 2.45) is 5.73 Å². The topological polar surface area (TPSA) is 35.2 Å². The van der Waals surface area contributed by atoms with Gasteiger partial charge in [0, 0.05) is 12.1 Å². The molecule has 0 bridgehead atoms. The number of ether oxygens (including phenoxy) is 1. The molecule has 0 aromatic heterocycles. The first-order valence-corrected chi connectivity index (χ1v) is 3.57. The van der Waals surface area contributed by atoms with Gasteiger partial charge < -0.3 is 10.5 Å². The van der Waals surface area contributed by atoms with Gasteiger partial charge in [-0.2, -0.15) is 8.78 Å². The van der Waals surface area contributed by atoms with E-state index in [1.54, 1.807) is 0 Å². The van der Waals surface area contributed by atoms with Crippen LogP contribution in [0.4, 0.5) is 13.2 Å². The zero-order chi connectivity index (χ0) is 9.84. The van der Waals surface area contributed by atoms with Crippen LogP contribution in [0.15, 0.2) is 18.2 Å². The standard InChI is InChI=1S/C8H8F3NO/c9-7-2-1-6(13-8(10)11)3-5(7)4-12/h1-3,8H,4,12H2. The van der Waals surface area contributed by atoms with Gasteiger partial charge in [0.2, 0.25) is 0 Å². The predicted octanol–water partition coefficient (Wildman–Crippen LogP) is 1.89. The van der Waals surface area contributed by atoms with Gasteiger partial charge in [-0.1, -0.05) is 0 Å². The Balaban J connectivity index is 2.86. The Morgan fingerprint density at radius 2 is 2.08 bits per heavy atom. The third-order valence-electron chi connectivity index (χ3n) is 1.46. The molecule has 2 N–H and O–H groups in total. The molecule has 0 heterocycles. The lowest BCUT2D eigenvalue weighted by Crippen LogP contribution is -2.04. The van der Waals surface area contributed by atoms with Crippen LogP contribution in [0.25, 0.3) is 0 Å². The Bertz CT molecular complexity index is 291. The Labute approximate surface area is 73.1 Å². The maximum absolute atomic E-state index is 12.8. The average molecular weight is 191 g/mol. The second kappa shape index (κ2) is 4.13. The molecule has 0 amide bonds. The number of hydrogen-bond donors (Lipinski definition) is 1. The molecule has 0 spiro atoms. The highest BCUT2D eigenvalue weighted by molar-refractivity contribution is 5.29. The first kappa shape index (κ1) is 9.85. The minimum Gasteiger partial charge on any atom is -0.435 e. The molecule has 1 aromatic rings. The zero-order valence-electron chi connectivity index (χ0n) is 6.64. The second-order valence-corrected chi connectivity index (χ2v) is 2.34. The van der Waals surface area contributed by atoms with Crippen molar-refractivity contribution in [2.75, 3.05) is 0 Å². The van der Waals surface area contributed by atoms with E-state index in [9.17, 15) is 13.2 Å². The van der Waals surface area contributed by atoms with Gasteiger partial charge in [-0.3, -0.25) is 0 Å². The van der Waals surface area contributed by atoms with Crippen LogP contribution in [-0.2, 0) is 6.54 Å². The molecule has 1 rings (SSSR count). The van der Waals surface area contributed by atoms with Crippen LogP contribution in [0.2, 0.25) is 0 Å². The number of hydrogen-bond acceptors (Lipinski definition) is 2. The van der Waals surface area contributed by atoms with E-state index in [4.69, 9.17) is 5.73 Å². The van der Waals surface area contributed by atoms with Gasteiger partial charge in [-0.25, -0.2) is 4.39 Å². The number of halogens is 3. The minimum absolute atomic E-state index is 0.0493. The minimum atomic E-state index is -2.91. The van der Waals surface area contributed by atoms with Gasteiger partial charge in [-0.05, 0) is 18.2 Å². The van der Waals surface area contributed by atoms with Crippen molar-refractivity contribution in [3.8, 4) is 5.75 Å². The van der Waals surface area contributed by atoms with Crippen LogP contribution < -0.4 is 10.5 Å². The smallest absolute Gasteiger partial charge is 0.387 e. The summed E-state index contributed by atoms with van der Waals surface area (Å²) in [5, 5.41) is 0. The lowest BCUT2D eigenvalue weighted by molar-refractivity contribution is -0.0499. The fourth-order valence-electron chi connectivity index (χ4n) is 0.884. The van der Waals surface area contributed by atoms with Crippen molar-refractivity contribution in [1.82, 2.24) is 0 Å². The molecule has 0 saturated heterocycles. The van der Waals surface area contributed by atoms with Crippen LogP contribution in [0.3, 0.4) is 0 Å². The first-order valence-electron chi connectivity index (χ1n) is 3.57. The van der Waals surface area contributed by atoms with E-state index >= 15 is 0 Å². The fraction of sp³-hybridized carbons (Fsp3) is 0.250. The largest absolute Gasteiger partial charge is 0.435 e. The monoisotopic (exact) mass is 191 g/mol. The molecule has 13 heavy (non-hydrogen) atoms. The molecule has 0 aliphatic carbocycles. The van der Waals surface area contributed by atoms with E-state index < -0.39 is 12.4 Å². The Morgan fingerprint density at radius 1 is 1.38 bits per heavy atom. The summed E-state index contributed by atoms with van der Waals surface area (Å²) in [7, 11) is 0. The molecule has 0 atom stereocenters. The Kier molecular flexibility index (Phi) is 3.13. The van der Waals surface area contributed by atoms with Crippen molar-refractivity contribution in [3.63, 3.8) is 0 Å². The Morgan fingerprint density at radius 3 is 2.62 bits per heavy atom. The highest BCUT2D eigenvalue weighted by Gasteiger charge is 2.06. The van der Waals surface area contributed by atoms with E-state index in [0.29, 0.717) is 0 Å². The highest BCUT2D eigenvalue weighted by atomic mass is 19.3. The third-order valence-corrected chi connectivity index (χ3v) is 1.46. The summed E-state index contributed by atoms with van der Waals surface area (Å²) in [6, 6.07) is 3.32. The molecule has 2 nitrogen and oxygen atoms in total. The molecule has 0 aliphatic heterocycles. The normalized spacial score (nSPS) is 10.5. The van der Waals surface area contributed by atoms with Gasteiger partial charge in [-0.15, -0.1) is 0 Å². The predicted molar refractivity (Wildman–Crippen MR) is 40.9 cm³/mol. The van der Waals surface area contributed by atoms with Crippen LogP contribution in [0.5, 0.6) is 5.75 Å². The van der Waals surface area contributed by atoms with Gasteiger partial charge in [0.15, 0.2) is 0 Å². The average Bonchev–Trinajstić information content (AvgIpc) is 2.07. The van der Waals surface area contributed by atoms with Crippen LogP contribution in [0, 0.1) is 5.82 Å². The van der Waals surface area contributed by atoms with Gasteiger partial charge in [0.05, 0.1) is 0 Å². The van der Waals surface area contributed by atoms with Crippen molar-refractivity contribution in [2.45, 2.75) is 13.2 Å². The summed E-state index contributed by atoms with van der Waals surface area (Å²) in [5.74, 6) is -0.610. The molecule has 5 heteroatoms. The van der Waals surface area contributed by atoms with E-state index in [2.05, 4.69) is 4.74 Å². The summed E-state index contributed by atoms with van der Waals surface area (Å²) in [4.78, 5) is 0. The second-order valence-electron chi connectivity index (χ2n) is 2.34. The van der Waals surface area contributed by atoms with E-state index in [0.717, 1.165) is 18.2 Å². The maximum Gasteiger partial charge on any atom is 0.387 e. The molecule has 0 aliphatic rings. The van der Waals surface area contributed by atoms with E-state index in [1.807, 2.05) is 0 Å². The van der Waals surface area contributed by atoms with E-state index in [1.165, 1.54) is 0 Å². The van der Waals surface area contributed by atoms with Gasteiger partial charge in [0.1, 0.15) is 11.6 Å². The van der Waals surface area contributed by atoms with Crippen LogP contribution in [0.1, 0.15) is 5.56 Å². The van der Waals surface area contributed by atoms with Gasteiger partial charge >= 0.3 is 6.61 Å². The molecule has 0 unspecified atom stereocenters. The molecule has 0 radical (unpaired) electrons. The fourth-order valence-corrected chi connectivity index (χ4v) is 0.884. The number of rotatable bonds is 3. The van der Waals surface area contributed by atoms with Crippen LogP contribution >= 0.6 is 0 Å². The SMILES string of the molecule is NCc1cc(OC(F)F)ccc1F. The molecule has 0 saturated carbocycles. The molecule has 0 fully saturated rings. The first-order chi connectivity index (χ1) is 6.13. The lowest BCUT2D eigenvalue weighted by atomic mass is 10.2. The summed E-state index contributed by atoms with van der Waals surface area (Å²) in [6.07, 6.45) is 0. The van der Waals surface area contributed by atoms with Gasteiger partial charge in [0.25, 0.3) is 0 Å². The molecular formula is C8H8F3NO. The molecule has 72 valence electrons. The Hall–Kier alpha value is -1.23. The summed E-state index contributed by atoms with van der Waals surface area (Å²) >= 11 is 0. The molecular weight excluding hydrogens is 183 g/mol. The third kappa shape index (κ3) is 2.62. The van der Waals surface area contributed by atoms with Crippen molar-refractivity contribution in [3.05, 3.63) is 29.6 Å². The molecule has 1 aromatic carbocycles. The quantitative estimate of drug-likeness (QED) is 0.791. The zero-order valence-corrected chi connectivity index (χ0v) is 6.64. The summed E-state index contributed by atoms with van der Waals surface area (Å²) in [6.45, 7) is -2.96. The lowest BCUT2D eigenvalue weighted by Gasteiger charge is -2.06. The number of alkyl halides is 2. The summed E-state index contributed by atoms with van der Waals surface area (Å²) in [5.41, 5.74) is 5.32. The van der Waals surface area contributed by atoms with Crippen molar-refractivity contribution in [1.29, 1.82) is 0 Å².